The Labute approximate surface area is 127 Å². The predicted molar refractivity (Wildman–Crippen MR) is 85.8 cm³/mol. The van der Waals surface area contributed by atoms with Gasteiger partial charge in [0.25, 0.3) is 0 Å². The molecule has 1 aromatic rings. The van der Waals surface area contributed by atoms with Crippen LogP contribution in [0.2, 0.25) is 0 Å². The van der Waals surface area contributed by atoms with Crippen LogP contribution in [-0.4, -0.2) is 54.3 Å². The van der Waals surface area contributed by atoms with Gasteiger partial charge in [-0.3, -0.25) is 4.90 Å². The first-order valence-electron chi connectivity index (χ1n) is 6.29. The summed E-state index contributed by atoms with van der Waals surface area (Å²) in [5.41, 5.74) is 7.82. The number of hydrogen-bond donors (Lipinski definition) is 2. The van der Waals surface area contributed by atoms with Crippen molar-refractivity contribution in [3.63, 3.8) is 0 Å². The molecule has 19 heavy (non-hydrogen) atoms. The van der Waals surface area contributed by atoms with Gasteiger partial charge < -0.3 is 15.7 Å². The van der Waals surface area contributed by atoms with E-state index in [1.165, 1.54) is 0 Å². The highest BCUT2D eigenvalue weighted by Crippen LogP contribution is 2.25. The van der Waals surface area contributed by atoms with Gasteiger partial charge in [0.15, 0.2) is 0 Å². The van der Waals surface area contributed by atoms with E-state index in [0.29, 0.717) is 4.99 Å². The second-order valence-corrected chi connectivity index (χ2v) is 5.93. The fraction of sp³-hybridized carbons (Fsp3) is 0.462. The number of halogens is 1. The summed E-state index contributed by atoms with van der Waals surface area (Å²) in [6.45, 7) is 4.72. The fourth-order valence-corrected chi connectivity index (χ4v) is 2.86. The Bertz CT molecular complexity index is 461. The Kier molecular flexibility index (Phi) is 5.15. The van der Waals surface area contributed by atoms with Crippen molar-refractivity contribution in [1.82, 2.24) is 4.90 Å². The molecule has 0 saturated carbocycles. The lowest BCUT2D eigenvalue weighted by Gasteiger charge is -2.36. The number of piperazine rings is 1. The van der Waals surface area contributed by atoms with Crippen LogP contribution in [0.3, 0.4) is 0 Å². The third-order valence-electron chi connectivity index (χ3n) is 3.35. The maximum absolute atomic E-state index is 8.95. The molecule has 2 rings (SSSR count). The monoisotopic (exact) mass is 343 g/mol. The molecule has 3 N–H and O–H groups in total. The second kappa shape index (κ2) is 6.65. The summed E-state index contributed by atoms with van der Waals surface area (Å²) >= 11 is 8.58. The Morgan fingerprint density at radius 2 is 2.00 bits per heavy atom. The summed E-state index contributed by atoms with van der Waals surface area (Å²) < 4.78 is 0.984. The van der Waals surface area contributed by atoms with E-state index in [-0.39, 0.29) is 6.61 Å². The molecule has 4 nitrogen and oxygen atoms in total. The first-order chi connectivity index (χ1) is 9.11. The van der Waals surface area contributed by atoms with Crippen LogP contribution in [0.4, 0.5) is 5.69 Å². The molecular formula is C13H18BrN3OS. The van der Waals surface area contributed by atoms with Crippen LogP contribution in [-0.2, 0) is 0 Å². The van der Waals surface area contributed by atoms with E-state index in [1.807, 2.05) is 12.1 Å². The van der Waals surface area contributed by atoms with Crippen molar-refractivity contribution in [3.05, 3.63) is 28.2 Å². The van der Waals surface area contributed by atoms with Crippen molar-refractivity contribution < 1.29 is 5.11 Å². The maximum atomic E-state index is 8.95. The standard InChI is InChI=1S/C13H18BrN3OS/c14-10-1-2-12(11(9-10)13(15)19)17-5-3-16(4-6-17)7-8-18/h1-2,9,18H,3-8H2,(H2,15,19). The fourth-order valence-electron chi connectivity index (χ4n) is 2.34. The Morgan fingerprint density at radius 1 is 1.32 bits per heavy atom. The zero-order valence-corrected chi connectivity index (χ0v) is 13.1. The molecule has 1 aliphatic heterocycles. The van der Waals surface area contributed by atoms with Crippen molar-refractivity contribution in [2.75, 3.05) is 44.2 Å². The van der Waals surface area contributed by atoms with Crippen LogP contribution in [0, 0.1) is 0 Å². The number of benzene rings is 1. The summed E-state index contributed by atoms with van der Waals surface area (Å²) in [4.78, 5) is 4.99. The number of rotatable bonds is 4. The average Bonchev–Trinajstić information content (AvgIpc) is 2.40. The van der Waals surface area contributed by atoms with Gasteiger partial charge in [-0.15, -0.1) is 0 Å². The minimum atomic E-state index is 0.219. The summed E-state index contributed by atoms with van der Waals surface area (Å²) in [6, 6.07) is 6.04. The zero-order chi connectivity index (χ0) is 13.8. The molecule has 1 aromatic carbocycles. The first-order valence-corrected chi connectivity index (χ1v) is 7.49. The molecule has 0 radical (unpaired) electrons. The number of thiocarbonyl (C=S) groups is 1. The summed E-state index contributed by atoms with van der Waals surface area (Å²) in [5, 5.41) is 8.95. The number of β-amino-alcohol motifs (C(OH)–C–C–N with tert-alkyl or cyclic N) is 1. The van der Waals surface area contributed by atoms with Gasteiger partial charge >= 0.3 is 0 Å². The number of anilines is 1. The maximum Gasteiger partial charge on any atom is 0.106 e. The third-order valence-corrected chi connectivity index (χ3v) is 4.07. The molecule has 6 heteroatoms. The first kappa shape index (κ1) is 14.7. The van der Waals surface area contributed by atoms with Gasteiger partial charge in [0.1, 0.15) is 4.99 Å². The SMILES string of the molecule is NC(=S)c1cc(Br)ccc1N1CCN(CCO)CC1. The quantitative estimate of drug-likeness (QED) is 0.804. The van der Waals surface area contributed by atoms with Gasteiger partial charge in [0, 0.05) is 48.4 Å². The van der Waals surface area contributed by atoms with Crippen molar-refractivity contribution >= 4 is 38.8 Å². The normalized spacial score (nSPS) is 16.6. The topological polar surface area (TPSA) is 52.7 Å². The van der Waals surface area contributed by atoms with Gasteiger partial charge in [-0.1, -0.05) is 28.1 Å². The zero-order valence-electron chi connectivity index (χ0n) is 10.7. The molecule has 1 heterocycles. The number of aliphatic hydroxyl groups is 1. The van der Waals surface area contributed by atoms with Crippen LogP contribution in [0.25, 0.3) is 0 Å². The van der Waals surface area contributed by atoms with Gasteiger partial charge in [-0.25, -0.2) is 0 Å². The van der Waals surface area contributed by atoms with Crippen LogP contribution < -0.4 is 10.6 Å². The Balaban J connectivity index is 2.13. The third kappa shape index (κ3) is 3.66. The van der Waals surface area contributed by atoms with E-state index in [1.54, 1.807) is 0 Å². The van der Waals surface area contributed by atoms with Crippen LogP contribution in [0.5, 0.6) is 0 Å². The van der Waals surface area contributed by atoms with Gasteiger partial charge in [-0.2, -0.15) is 0 Å². The Hall–Kier alpha value is -0.690. The summed E-state index contributed by atoms with van der Waals surface area (Å²) in [7, 11) is 0. The summed E-state index contributed by atoms with van der Waals surface area (Å²) in [5.74, 6) is 0. The van der Waals surface area contributed by atoms with E-state index < -0.39 is 0 Å². The van der Waals surface area contributed by atoms with E-state index >= 15 is 0 Å². The number of nitrogens with two attached hydrogens (primary N) is 1. The molecule has 0 atom stereocenters. The van der Waals surface area contributed by atoms with E-state index in [9.17, 15) is 0 Å². The lowest BCUT2D eigenvalue weighted by atomic mass is 10.1. The lowest BCUT2D eigenvalue weighted by Crippen LogP contribution is -2.47. The number of nitrogens with zero attached hydrogens (tertiary/aromatic N) is 2. The molecule has 1 fully saturated rings. The average molecular weight is 344 g/mol. The van der Waals surface area contributed by atoms with Gasteiger partial charge in [-0.05, 0) is 18.2 Å². The number of aliphatic hydroxyl groups excluding tert-OH is 1. The molecule has 0 unspecified atom stereocenters. The molecular weight excluding hydrogens is 326 g/mol. The molecule has 1 aliphatic rings. The van der Waals surface area contributed by atoms with Gasteiger partial charge in [0.05, 0.1) is 6.61 Å². The van der Waals surface area contributed by atoms with Crippen molar-refractivity contribution in [2.45, 2.75) is 0 Å². The molecule has 0 amide bonds. The minimum Gasteiger partial charge on any atom is -0.395 e. The second-order valence-electron chi connectivity index (χ2n) is 4.58. The highest BCUT2D eigenvalue weighted by molar-refractivity contribution is 9.10. The van der Waals surface area contributed by atoms with E-state index in [0.717, 1.165) is 48.4 Å². The largest absolute Gasteiger partial charge is 0.395 e. The van der Waals surface area contributed by atoms with E-state index in [2.05, 4.69) is 31.8 Å². The molecule has 1 saturated heterocycles. The highest BCUT2D eigenvalue weighted by Gasteiger charge is 2.19. The Morgan fingerprint density at radius 3 is 2.58 bits per heavy atom. The smallest absolute Gasteiger partial charge is 0.106 e. The van der Waals surface area contributed by atoms with Crippen molar-refractivity contribution in [1.29, 1.82) is 0 Å². The predicted octanol–water partition coefficient (Wildman–Crippen LogP) is 1.20. The lowest BCUT2D eigenvalue weighted by molar-refractivity contribution is 0.189. The molecule has 0 spiro atoms. The highest BCUT2D eigenvalue weighted by atomic mass is 79.9. The number of hydrogen-bond acceptors (Lipinski definition) is 4. The van der Waals surface area contributed by atoms with Crippen LogP contribution >= 0.6 is 28.1 Å². The molecule has 0 aromatic heterocycles. The molecule has 0 bridgehead atoms. The molecule has 0 aliphatic carbocycles. The minimum absolute atomic E-state index is 0.219. The van der Waals surface area contributed by atoms with Crippen LogP contribution in [0.15, 0.2) is 22.7 Å². The van der Waals surface area contributed by atoms with Gasteiger partial charge in [0.2, 0.25) is 0 Å². The van der Waals surface area contributed by atoms with Crippen molar-refractivity contribution in [2.24, 2.45) is 5.73 Å². The van der Waals surface area contributed by atoms with Crippen molar-refractivity contribution in [3.8, 4) is 0 Å². The van der Waals surface area contributed by atoms with Crippen LogP contribution in [0.1, 0.15) is 5.56 Å². The summed E-state index contributed by atoms with van der Waals surface area (Å²) in [6.07, 6.45) is 0. The molecule has 104 valence electrons. The van der Waals surface area contributed by atoms with E-state index in [4.69, 9.17) is 23.1 Å².